The Kier molecular flexibility index (Phi) is 3.36. The molecule has 96 valence electrons. The maximum Gasteiger partial charge on any atom is 0.222 e. The fraction of sp³-hybridized carbons (Fsp3) is 0.333. The standard InChI is InChI=1S/C12H16N4O2/c1-3-17-8-6-5-7-9(10(8)18-4-2)15-12(14)16-11(7)13/h5-6H,3-4H2,1-2H3,(H4,13,14,15,16). The lowest BCUT2D eigenvalue weighted by Gasteiger charge is -2.13. The molecule has 0 aliphatic carbocycles. The highest BCUT2D eigenvalue weighted by molar-refractivity contribution is 5.94. The van der Waals surface area contributed by atoms with E-state index >= 15 is 0 Å². The van der Waals surface area contributed by atoms with Crippen LogP contribution in [0.5, 0.6) is 11.5 Å². The second-order valence-electron chi connectivity index (χ2n) is 3.62. The molecular formula is C12H16N4O2. The molecule has 2 rings (SSSR count). The van der Waals surface area contributed by atoms with Crippen molar-refractivity contribution in [2.45, 2.75) is 13.8 Å². The Hall–Kier alpha value is -2.24. The summed E-state index contributed by atoms with van der Waals surface area (Å²) >= 11 is 0. The van der Waals surface area contributed by atoms with Gasteiger partial charge in [-0.2, -0.15) is 4.98 Å². The van der Waals surface area contributed by atoms with E-state index in [1.54, 1.807) is 12.1 Å². The summed E-state index contributed by atoms with van der Waals surface area (Å²) in [6, 6.07) is 3.60. The first-order valence-electron chi connectivity index (χ1n) is 5.78. The van der Waals surface area contributed by atoms with Gasteiger partial charge in [0.25, 0.3) is 0 Å². The molecule has 0 radical (unpaired) electrons. The van der Waals surface area contributed by atoms with E-state index in [2.05, 4.69) is 9.97 Å². The van der Waals surface area contributed by atoms with Crippen LogP contribution in [0.15, 0.2) is 12.1 Å². The van der Waals surface area contributed by atoms with Crippen molar-refractivity contribution in [3.63, 3.8) is 0 Å². The first kappa shape index (κ1) is 12.2. The molecule has 0 spiro atoms. The van der Waals surface area contributed by atoms with Crippen molar-refractivity contribution in [1.29, 1.82) is 0 Å². The number of benzene rings is 1. The van der Waals surface area contributed by atoms with Gasteiger partial charge in [-0.05, 0) is 26.0 Å². The molecule has 0 fully saturated rings. The summed E-state index contributed by atoms with van der Waals surface area (Å²) in [5, 5.41) is 0.705. The van der Waals surface area contributed by atoms with Crippen LogP contribution in [-0.2, 0) is 0 Å². The summed E-state index contributed by atoms with van der Waals surface area (Å²) in [5.74, 6) is 1.64. The molecule has 1 heterocycles. The molecule has 0 saturated carbocycles. The molecule has 2 aromatic rings. The minimum absolute atomic E-state index is 0.120. The molecule has 0 aliphatic heterocycles. The zero-order chi connectivity index (χ0) is 13.1. The van der Waals surface area contributed by atoms with Crippen LogP contribution in [0.1, 0.15) is 13.8 Å². The van der Waals surface area contributed by atoms with Gasteiger partial charge in [-0.25, -0.2) is 4.98 Å². The zero-order valence-corrected chi connectivity index (χ0v) is 10.4. The van der Waals surface area contributed by atoms with Gasteiger partial charge in [0, 0.05) is 5.39 Å². The third-order valence-electron chi connectivity index (χ3n) is 2.42. The predicted molar refractivity (Wildman–Crippen MR) is 70.7 cm³/mol. The van der Waals surface area contributed by atoms with Gasteiger partial charge >= 0.3 is 0 Å². The number of rotatable bonds is 4. The van der Waals surface area contributed by atoms with Gasteiger partial charge in [-0.3, -0.25) is 0 Å². The highest BCUT2D eigenvalue weighted by Gasteiger charge is 2.14. The summed E-state index contributed by atoms with van der Waals surface area (Å²) in [6.07, 6.45) is 0. The van der Waals surface area contributed by atoms with Crippen LogP contribution in [0.4, 0.5) is 11.8 Å². The summed E-state index contributed by atoms with van der Waals surface area (Å²) in [7, 11) is 0. The van der Waals surface area contributed by atoms with Crippen molar-refractivity contribution < 1.29 is 9.47 Å². The molecule has 0 aliphatic rings. The fourth-order valence-electron chi connectivity index (χ4n) is 1.75. The molecule has 18 heavy (non-hydrogen) atoms. The Bertz CT molecular complexity index is 571. The quantitative estimate of drug-likeness (QED) is 0.852. The molecule has 6 nitrogen and oxygen atoms in total. The molecule has 0 unspecified atom stereocenters. The summed E-state index contributed by atoms with van der Waals surface area (Å²) in [5.41, 5.74) is 12.0. The topological polar surface area (TPSA) is 96.3 Å². The highest BCUT2D eigenvalue weighted by Crippen LogP contribution is 2.36. The number of aromatic nitrogens is 2. The van der Waals surface area contributed by atoms with Crippen LogP contribution in [0.2, 0.25) is 0 Å². The average molecular weight is 248 g/mol. The van der Waals surface area contributed by atoms with Crippen molar-refractivity contribution >= 4 is 22.7 Å². The van der Waals surface area contributed by atoms with E-state index in [1.165, 1.54) is 0 Å². The molecule has 4 N–H and O–H groups in total. The Morgan fingerprint density at radius 1 is 1.06 bits per heavy atom. The minimum atomic E-state index is 0.120. The number of anilines is 2. The number of fused-ring (bicyclic) bond motifs is 1. The zero-order valence-electron chi connectivity index (χ0n) is 10.4. The largest absolute Gasteiger partial charge is 0.490 e. The number of hydrogen-bond donors (Lipinski definition) is 2. The van der Waals surface area contributed by atoms with Crippen molar-refractivity contribution in [3.05, 3.63) is 12.1 Å². The number of nitrogens with two attached hydrogens (primary N) is 2. The normalized spacial score (nSPS) is 10.6. The Labute approximate surface area is 105 Å². The van der Waals surface area contributed by atoms with Gasteiger partial charge in [-0.15, -0.1) is 0 Å². The van der Waals surface area contributed by atoms with E-state index in [0.29, 0.717) is 41.4 Å². The maximum absolute atomic E-state index is 5.82. The van der Waals surface area contributed by atoms with Crippen molar-refractivity contribution in [2.75, 3.05) is 24.7 Å². The highest BCUT2D eigenvalue weighted by atomic mass is 16.5. The molecule has 6 heteroatoms. The van der Waals surface area contributed by atoms with Gasteiger partial charge in [0.05, 0.1) is 13.2 Å². The summed E-state index contributed by atoms with van der Waals surface area (Å²) in [6.45, 7) is 4.84. The molecule has 0 amide bonds. The van der Waals surface area contributed by atoms with Crippen LogP contribution in [0.25, 0.3) is 10.9 Å². The number of ether oxygens (including phenoxy) is 2. The monoisotopic (exact) mass is 248 g/mol. The van der Waals surface area contributed by atoms with Crippen molar-refractivity contribution in [2.24, 2.45) is 0 Å². The van der Waals surface area contributed by atoms with Gasteiger partial charge in [-0.1, -0.05) is 0 Å². The van der Waals surface area contributed by atoms with Crippen LogP contribution in [0.3, 0.4) is 0 Å². The summed E-state index contributed by atoms with van der Waals surface area (Å²) in [4.78, 5) is 8.11. The number of nitrogen functional groups attached to an aromatic ring is 2. The van der Waals surface area contributed by atoms with E-state index in [1.807, 2.05) is 13.8 Å². The fourth-order valence-corrected chi connectivity index (χ4v) is 1.75. The Morgan fingerprint density at radius 3 is 2.44 bits per heavy atom. The minimum Gasteiger partial charge on any atom is -0.490 e. The smallest absolute Gasteiger partial charge is 0.222 e. The Morgan fingerprint density at radius 2 is 1.78 bits per heavy atom. The second-order valence-corrected chi connectivity index (χ2v) is 3.62. The van der Waals surface area contributed by atoms with Gasteiger partial charge in [0.15, 0.2) is 11.5 Å². The van der Waals surface area contributed by atoms with Crippen LogP contribution >= 0.6 is 0 Å². The number of hydrogen-bond acceptors (Lipinski definition) is 6. The second kappa shape index (κ2) is 4.95. The van der Waals surface area contributed by atoms with E-state index in [9.17, 15) is 0 Å². The van der Waals surface area contributed by atoms with Crippen LogP contribution in [-0.4, -0.2) is 23.2 Å². The molecule has 0 bridgehead atoms. The van der Waals surface area contributed by atoms with E-state index < -0.39 is 0 Å². The SMILES string of the molecule is CCOc1ccc2c(N)nc(N)nc2c1OCC. The first-order chi connectivity index (χ1) is 8.67. The molecule has 1 aromatic carbocycles. The summed E-state index contributed by atoms with van der Waals surface area (Å²) < 4.78 is 11.1. The predicted octanol–water partition coefficient (Wildman–Crippen LogP) is 1.59. The van der Waals surface area contributed by atoms with Gasteiger partial charge in [0.2, 0.25) is 5.95 Å². The third kappa shape index (κ3) is 2.09. The van der Waals surface area contributed by atoms with Gasteiger partial charge < -0.3 is 20.9 Å². The lowest BCUT2D eigenvalue weighted by atomic mass is 10.2. The molecule has 1 aromatic heterocycles. The van der Waals surface area contributed by atoms with Gasteiger partial charge in [0.1, 0.15) is 11.3 Å². The van der Waals surface area contributed by atoms with Crippen LogP contribution < -0.4 is 20.9 Å². The van der Waals surface area contributed by atoms with E-state index in [4.69, 9.17) is 20.9 Å². The van der Waals surface area contributed by atoms with Crippen molar-refractivity contribution in [1.82, 2.24) is 9.97 Å². The Balaban J connectivity index is 2.71. The molecule has 0 atom stereocenters. The first-order valence-corrected chi connectivity index (χ1v) is 5.78. The van der Waals surface area contributed by atoms with Crippen molar-refractivity contribution in [3.8, 4) is 11.5 Å². The average Bonchev–Trinajstić information content (AvgIpc) is 2.32. The third-order valence-corrected chi connectivity index (χ3v) is 2.42. The maximum atomic E-state index is 5.82. The lowest BCUT2D eigenvalue weighted by molar-refractivity contribution is 0.290. The lowest BCUT2D eigenvalue weighted by Crippen LogP contribution is -2.04. The van der Waals surface area contributed by atoms with E-state index in [0.717, 1.165) is 0 Å². The molecule has 0 saturated heterocycles. The molecular weight excluding hydrogens is 232 g/mol. The number of nitrogens with zero attached hydrogens (tertiary/aromatic N) is 2. The van der Waals surface area contributed by atoms with E-state index in [-0.39, 0.29) is 5.95 Å². The van der Waals surface area contributed by atoms with Crippen LogP contribution in [0, 0.1) is 0 Å².